The maximum absolute atomic E-state index is 5.56. The molecule has 130 valence electrons. The average molecular weight is 339 g/mol. The first-order chi connectivity index (χ1) is 10.3. The van der Waals surface area contributed by atoms with Gasteiger partial charge >= 0.3 is 0 Å². The zero-order chi connectivity index (χ0) is 16.0. The summed E-state index contributed by atoms with van der Waals surface area (Å²) in [6, 6.07) is 0. The van der Waals surface area contributed by atoms with E-state index in [-0.39, 0.29) is 0 Å². The Morgan fingerprint density at radius 3 is 0.857 bits per heavy atom. The molecule has 0 saturated carbocycles. The number of halogens is 2. The minimum Gasteiger partial charge on any atom is -0.127 e. The van der Waals surface area contributed by atoms with Crippen molar-refractivity contribution in [2.75, 3.05) is 11.8 Å². The molecular formula is C19H40Cl2. The van der Waals surface area contributed by atoms with Gasteiger partial charge in [-0.3, -0.25) is 0 Å². The van der Waals surface area contributed by atoms with Crippen molar-refractivity contribution in [3.05, 3.63) is 0 Å². The van der Waals surface area contributed by atoms with Crippen LogP contribution in [-0.2, 0) is 0 Å². The molecule has 0 aromatic carbocycles. The molecule has 0 amide bonds. The zero-order valence-electron chi connectivity index (χ0n) is 14.8. The highest BCUT2D eigenvalue weighted by Gasteiger charge is 1.89. The van der Waals surface area contributed by atoms with Crippen LogP contribution in [0.3, 0.4) is 0 Å². The van der Waals surface area contributed by atoms with E-state index in [0.717, 1.165) is 11.8 Å². The third kappa shape index (κ3) is 29.3. The third-order valence-electron chi connectivity index (χ3n) is 3.72. The highest BCUT2D eigenvalue weighted by molar-refractivity contribution is 6.18. The second-order valence-electron chi connectivity index (χ2n) is 5.97. The molecule has 0 nitrogen and oxygen atoms in total. The molecule has 0 aliphatic rings. The van der Waals surface area contributed by atoms with E-state index in [9.17, 15) is 0 Å². The van der Waals surface area contributed by atoms with Crippen molar-refractivity contribution in [3.63, 3.8) is 0 Å². The van der Waals surface area contributed by atoms with Crippen LogP contribution < -0.4 is 0 Å². The fourth-order valence-corrected chi connectivity index (χ4v) is 2.66. The van der Waals surface area contributed by atoms with E-state index in [1.54, 1.807) is 0 Å². The molecule has 21 heavy (non-hydrogen) atoms. The van der Waals surface area contributed by atoms with E-state index in [2.05, 4.69) is 13.8 Å². The van der Waals surface area contributed by atoms with Crippen molar-refractivity contribution >= 4 is 23.2 Å². The van der Waals surface area contributed by atoms with Gasteiger partial charge < -0.3 is 0 Å². The topological polar surface area (TPSA) is 0 Å². The van der Waals surface area contributed by atoms with Crippen molar-refractivity contribution in [2.24, 2.45) is 0 Å². The predicted molar refractivity (Wildman–Crippen MR) is 102 cm³/mol. The van der Waals surface area contributed by atoms with Gasteiger partial charge in [-0.15, -0.1) is 23.2 Å². The normalized spacial score (nSPS) is 10.3. The van der Waals surface area contributed by atoms with Gasteiger partial charge in [0, 0.05) is 11.8 Å². The monoisotopic (exact) mass is 338 g/mol. The fraction of sp³-hybridized carbons (Fsp3) is 1.00. The molecule has 0 radical (unpaired) electrons. The van der Waals surface area contributed by atoms with E-state index in [4.69, 9.17) is 23.2 Å². The number of hydrogen-bond donors (Lipinski definition) is 0. The van der Waals surface area contributed by atoms with Gasteiger partial charge in [-0.05, 0) is 12.8 Å². The highest BCUT2D eigenvalue weighted by Crippen LogP contribution is 2.08. The smallest absolute Gasteiger partial charge is 0.0223 e. The molecule has 0 N–H and O–H groups in total. The van der Waals surface area contributed by atoms with Crippen LogP contribution in [0.4, 0.5) is 0 Å². The Labute approximate surface area is 145 Å². The lowest BCUT2D eigenvalue weighted by Crippen LogP contribution is -1.80. The minimum atomic E-state index is 0.841. The van der Waals surface area contributed by atoms with Crippen LogP contribution in [0.5, 0.6) is 0 Å². The van der Waals surface area contributed by atoms with E-state index in [0.29, 0.717) is 0 Å². The molecule has 0 aliphatic carbocycles. The van der Waals surface area contributed by atoms with Crippen LogP contribution in [0.1, 0.15) is 110 Å². The SMILES string of the molecule is CCCCCCCCCCCl.CCCCCCCCCCl. The molecule has 0 saturated heterocycles. The lowest BCUT2D eigenvalue weighted by Gasteiger charge is -1.98. The molecule has 0 aliphatic heterocycles. The predicted octanol–water partition coefficient (Wildman–Crippen LogP) is 8.34. The number of rotatable bonds is 15. The van der Waals surface area contributed by atoms with Gasteiger partial charge in [-0.1, -0.05) is 97.3 Å². The van der Waals surface area contributed by atoms with Crippen molar-refractivity contribution in [1.82, 2.24) is 0 Å². The molecule has 0 bridgehead atoms. The lowest BCUT2D eigenvalue weighted by molar-refractivity contribution is 0.586. The van der Waals surface area contributed by atoms with E-state index < -0.39 is 0 Å². The highest BCUT2D eigenvalue weighted by atomic mass is 35.5. The Bertz CT molecular complexity index is 133. The Balaban J connectivity index is 0. The molecule has 0 fully saturated rings. The summed E-state index contributed by atoms with van der Waals surface area (Å²) in [5.41, 5.74) is 0. The van der Waals surface area contributed by atoms with Crippen LogP contribution >= 0.6 is 23.2 Å². The van der Waals surface area contributed by atoms with Gasteiger partial charge in [0.25, 0.3) is 0 Å². The minimum absolute atomic E-state index is 0.841. The van der Waals surface area contributed by atoms with Crippen molar-refractivity contribution in [2.45, 2.75) is 110 Å². The Morgan fingerprint density at radius 2 is 0.619 bits per heavy atom. The van der Waals surface area contributed by atoms with E-state index >= 15 is 0 Å². The Morgan fingerprint density at radius 1 is 0.381 bits per heavy atom. The summed E-state index contributed by atoms with van der Waals surface area (Å²) < 4.78 is 0. The van der Waals surface area contributed by atoms with Gasteiger partial charge in [0.1, 0.15) is 0 Å². The van der Waals surface area contributed by atoms with E-state index in [1.807, 2.05) is 0 Å². The second kappa shape index (κ2) is 25.5. The standard InChI is InChI=1S/C10H21Cl.C9H19Cl/c1-2-3-4-5-6-7-8-9-10-11;1-2-3-4-5-6-7-8-9-10/h2-10H2,1H3;2-9H2,1H3. The van der Waals surface area contributed by atoms with Crippen molar-refractivity contribution in [1.29, 1.82) is 0 Å². The first-order valence-corrected chi connectivity index (χ1v) is 10.5. The number of unbranched alkanes of at least 4 members (excludes halogenated alkanes) is 13. The van der Waals surface area contributed by atoms with Gasteiger partial charge in [0.15, 0.2) is 0 Å². The average Bonchev–Trinajstić information content (AvgIpc) is 2.51. The molecule has 0 aromatic rings. The summed E-state index contributed by atoms with van der Waals surface area (Å²) in [5, 5.41) is 0. The van der Waals surface area contributed by atoms with Gasteiger partial charge in [-0.25, -0.2) is 0 Å². The molecule has 0 unspecified atom stereocenters. The van der Waals surface area contributed by atoms with Crippen molar-refractivity contribution in [3.8, 4) is 0 Å². The molecule has 0 atom stereocenters. The van der Waals surface area contributed by atoms with Crippen LogP contribution in [0.2, 0.25) is 0 Å². The van der Waals surface area contributed by atoms with E-state index in [1.165, 1.54) is 96.3 Å². The molecule has 0 rings (SSSR count). The summed E-state index contributed by atoms with van der Waals surface area (Å²) in [6.07, 6.45) is 20.4. The Kier molecular flexibility index (Phi) is 29.0. The first kappa shape index (κ1) is 23.8. The molecule has 0 heterocycles. The first-order valence-electron chi connectivity index (χ1n) is 9.45. The summed E-state index contributed by atoms with van der Waals surface area (Å²) in [7, 11) is 0. The van der Waals surface area contributed by atoms with Gasteiger partial charge in [0.05, 0.1) is 0 Å². The lowest BCUT2D eigenvalue weighted by atomic mass is 10.1. The number of hydrogen-bond acceptors (Lipinski definition) is 0. The van der Waals surface area contributed by atoms with Crippen LogP contribution in [-0.4, -0.2) is 11.8 Å². The molecule has 2 heteroatoms. The second-order valence-corrected chi connectivity index (χ2v) is 6.73. The maximum atomic E-state index is 5.56. The fourth-order valence-electron chi connectivity index (χ4n) is 2.28. The van der Waals surface area contributed by atoms with Gasteiger partial charge in [0.2, 0.25) is 0 Å². The quantitative estimate of drug-likeness (QED) is 0.208. The summed E-state index contributed by atoms with van der Waals surface area (Å²) in [4.78, 5) is 0. The van der Waals surface area contributed by atoms with Crippen LogP contribution in [0, 0.1) is 0 Å². The Hall–Kier alpha value is 0.580. The van der Waals surface area contributed by atoms with Crippen LogP contribution in [0.15, 0.2) is 0 Å². The number of alkyl halides is 2. The molecule has 0 spiro atoms. The summed E-state index contributed by atoms with van der Waals surface area (Å²) in [5.74, 6) is 1.68. The van der Waals surface area contributed by atoms with Crippen molar-refractivity contribution < 1.29 is 0 Å². The van der Waals surface area contributed by atoms with Crippen LogP contribution in [0.25, 0.3) is 0 Å². The maximum Gasteiger partial charge on any atom is 0.0223 e. The third-order valence-corrected chi connectivity index (χ3v) is 4.26. The largest absolute Gasteiger partial charge is 0.127 e. The summed E-state index contributed by atoms with van der Waals surface area (Å²) in [6.45, 7) is 4.51. The molecule has 0 aromatic heterocycles. The summed E-state index contributed by atoms with van der Waals surface area (Å²) >= 11 is 11.1. The molecular weight excluding hydrogens is 299 g/mol. The van der Waals surface area contributed by atoms with Gasteiger partial charge in [-0.2, -0.15) is 0 Å². The zero-order valence-corrected chi connectivity index (χ0v) is 16.3.